The minimum Gasteiger partial charge on any atom is -0.465 e. The molecule has 0 fully saturated rings. The molecule has 3 nitrogen and oxygen atoms in total. The van der Waals surface area contributed by atoms with Gasteiger partial charge in [0.05, 0.1) is 17.7 Å². The van der Waals surface area contributed by atoms with Crippen molar-refractivity contribution >= 4 is 23.4 Å². The topological polar surface area (TPSA) is 43.4 Å². The second kappa shape index (κ2) is 5.84. The van der Waals surface area contributed by atoms with E-state index in [2.05, 4.69) is 4.74 Å². The summed E-state index contributed by atoms with van der Waals surface area (Å²) in [6.45, 7) is 0. The summed E-state index contributed by atoms with van der Waals surface area (Å²) in [6, 6.07) is 9.53. The summed E-state index contributed by atoms with van der Waals surface area (Å²) in [5, 5.41) is 0.0482. The minimum atomic E-state index is -0.507. The number of methoxy groups -OCH3 is 1. The van der Waals surface area contributed by atoms with E-state index in [0.29, 0.717) is 11.1 Å². The van der Waals surface area contributed by atoms with Crippen LogP contribution in [0.4, 0.5) is 4.39 Å². The number of rotatable bonds is 3. The van der Waals surface area contributed by atoms with Crippen LogP contribution in [0.1, 0.15) is 26.3 Å². The lowest BCUT2D eigenvalue weighted by Crippen LogP contribution is -2.05. The van der Waals surface area contributed by atoms with Gasteiger partial charge in [-0.3, -0.25) is 4.79 Å². The molecule has 0 aliphatic carbocycles. The molecule has 0 aliphatic heterocycles. The molecule has 0 bridgehead atoms. The summed E-state index contributed by atoms with van der Waals surface area (Å²) in [4.78, 5) is 23.5. The fraction of sp³-hybridized carbons (Fsp3) is 0.0667. The fourth-order valence-electron chi connectivity index (χ4n) is 1.70. The first kappa shape index (κ1) is 14.2. The highest BCUT2D eigenvalue weighted by Gasteiger charge is 2.14. The first-order valence-electron chi connectivity index (χ1n) is 5.71. The van der Waals surface area contributed by atoms with Crippen molar-refractivity contribution in [3.8, 4) is 0 Å². The summed E-state index contributed by atoms with van der Waals surface area (Å²) in [5.41, 5.74) is 0.902. The van der Waals surface area contributed by atoms with Crippen molar-refractivity contribution in [2.45, 2.75) is 0 Å². The van der Waals surface area contributed by atoms with Gasteiger partial charge in [-0.15, -0.1) is 0 Å². The molecule has 2 aromatic rings. The van der Waals surface area contributed by atoms with Crippen LogP contribution >= 0.6 is 11.6 Å². The predicted molar refractivity (Wildman–Crippen MR) is 72.6 cm³/mol. The van der Waals surface area contributed by atoms with Crippen LogP contribution < -0.4 is 0 Å². The second-order valence-electron chi connectivity index (χ2n) is 4.02. The number of carbonyl (C=O) groups is 2. The number of esters is 1. The quantitative estimate of drug-likeness (QED) is 0.642. The molecule has 102 valence electrons. The summed E-state index contributed by atoms with van der Waals surface area (Å²) in [5.74, 6) is -1.33. The predicted octanol–water partition coefficient (Wildman–Crippen LogP) is 3.50. The highest BCUT2D eigenvalue weighted by Crippen LogP contribution is 2.21. The van der Waals surface area contributed by atoms with Crippen LogP contribution in [-0.4, -0.2) is 18.9 Å². The van der Waals surface area contributed by atoms with Gasteiger partial charge in [-0.05, 0) is 30.3 Å². The zero-order valence-corrected chi connectivity index (χ0v) is 11.3. The summed E-state index contributed by atoms with van der Waals surface area (Å²) in [7, 11) is 1.28. The van der Waals surface area contributed by atoms with E-state index in [0.717, 1.165) is 6.07 Å². The summed E-state index contributed by atoms with van der Waals surface area (Å²) in [6.07, 6.45) is 0. The number of benzene rings is 2. The van der Waals surface area contributed by atoms with E-state index in [1.807, 2.05) is 0 Å². The van der Waals surface area contributed by atoms with E-state index in [-0.39, 0.29) is 16.4 Å². The Balaban J connectivity index is 2.31. The van der Waals surface area contributed by atoms with Crippen LogP contribution in [0, 0.1) is 5.82 Å². The third kappa shape index (κ3) is 2.86. The summed E-state index contributed by atoms with van der Waals surface area (Å²) < 4.78 is 17.5. The Hall–Kier alpha value is -2.20. The lowest BCUT2D eigenvalue weighted by molar-refractivity contribution is 0.0600. The third-order valence-corrected chi connectivity index (χ3v) is 3.06. The molecule has 0 saturated carbocycles. The molecule has 0 radical (unpaired) electrons. The van der Waals surface area contributed by atoms with E-state index in [4.69, 9.17) is 11.6 Å². The Kier molecular flexibility index (Phi) is 4.15. The Morgan fingerprint density at radius 2 is 1.65 bits per heavy atom. The number of hydrogen-bond acceptors (Lipinski definition) is 3. The molecule has 20 heavy (non-hydrogen) atoms. The van der Waals surface area contributed by atoms with Gasteiger partial charge < -0.3 is 4.74 Å². The van der Waals surface area contributed by atoms with Crippen molar-refractivity contribution in [2.75, 3.05) is 7.11 Å². The maximum atomic E-state index is 12.9. The Bertz CT molecular complexity index is 665. The van der Waals surface area contributed by atoms with E-state index in [1.54, 1.807) is 0 Å². The minimum absolute atomic E-state index is 0.0482. The van der Waals surface area contributed by atoms with E-state index in [9.17, 15) is 14.0 Å². The third-order valence-electron chi connectivity index (χ3n) is 2.74. The summed E-state index contributed by atoms with van der Waals surface area (Å²) >= 11 is 5.84. The Morgan fingerprint density at radius 3 is 2.20 bits per heavy atom. The average Bonchev–Trinajstić information content (AvgIpc) is 2.46. The lowest BCUT2D eigenvalue weighted by atomic mass is 10.0. The van der Waals surface area contributed by atoms with E-state index < -0.39 is 11.8 Å². The number of ether oxygens (including phenoxy) is 1. The number of ketones is 1. The largest absolute Gasteiger partial charge is 0.465 e. The zero-order chi connectivity index (χ0) is 14.7. The number of carbonyl (C=O) groups excluding carboxylic acids is 2. The van der Waals surface area contributed by atoms with Crippen molar-refractivity contribution in [3.63, 3.8) is 0 Å². The van der Waals surface area contributed by atoms with Crippen molar-refractivity contribution in [3.05, 3.63) is 70.0 Å². The standard InChI is InChI=1S/C15H10ClFO3/c1-20-15(19)10-4-2-9(3-5-10)14(18)12-7-6-11(17)8-13(12)16/h2-8H,1H3. The van der Waals surface area contributed by atoms with Gasteiger partial charge >= 0.3 is 5.97 Å². The highest BCUT2D eigenvalue weighted by atomic mass is 35.5. The maximum Gasteiger partial charge on any atom is 0.337 e. The molecule has 0 aliphatic rings. The lowest BCUT2D eigenvalue weighted by Gasteiger charge is -2.05. The van der Waals surface area contributed by atoms with Gasteiger partial charge in [0.15, 0.2) is 5.78 Å². The maximum absolute atomic E-state index is 12.9. The average molecular weight is 293 g/mol. The van der Waals surface area contributed by atoms with Gasteiger partial charge in [-0.2, -0.15) is 0 Å². The van der Waals surface area contributed by atoms with Gasteiger partial charge in [0, 0.05) is 11.1 Å². The van der Waals surface area contributed by atoms with Gasteiger partial charge in [-0.25, -0.2) is 9.18 Å². The molecule has 5 heteroatoms. The van der Waals surface area contributed by atoms with Crippen molar-refractivity contribution < 1.29 is 18.7 Å². The molecule has 0 atom stereocenters. The molecule has 0 saturated heterocycles. The van der Waals surface area contributed by atoms with Crippen LogP contribution in [0.3, 0.4) is 0 Å². The zero-order valence-electron chi connectivity index (χ0n) is 10.5. The van der Waals surface area contributed by atoms with Crippen molar-refractivity contribution in [1.82, 2.24) is 0 Å². The van der Waals surface area contributed by atoms with Crippen molar-refractivity contribution in [2.24, 2.45) is 0 Å². The van der Waals surface area contributed by atoms with Gasteiger partial charge in [0.2, 0.25) is 0 Å². The fourth-order valence-corrected chi connectivity index (χ4v) is 1.96. The normalized spacial score (nSPS) is 10.2. The monoisotopic (exact) mass is 292 g/mol. The molecule has 0 amide bonds. The van der Waals surface area contributed by atoms with Gasteiger partial charge in [-0.1, -0.05) is 23.7 Å². The first-order valence-corrected chi connectivity index (χ1v) is 6.09. The van der Waals surface area contributed by atoms with Crippen LogP contribution in [0.2, 0.25) is 5.02 Å². The molecule has 2 aromatic carbocycles. The first-order chi connectivity index (χ1) is 9.52. The molecule has 0 spiro atoms. The highest BCUT2D eigenvalue weighted by molar-refractivity contribution is 6.35. The second-order valence-corrected chi connectivity index (χ2v) is 4.43. The van der Waals surface area contributed by atoms with Gasteiger partial charge in [0.25, 0.3) is 0 Å². The van der Waals surface area contributed by atoms with Crippen LogP contribution in [0.5, 0.6) is 0 Å². The smallest absolute Gasteiger partial charge is 0.337 e. The van der Waals surface area contributed by atoms with Crippen LogP contribution in [0.15, 0.2) is 42.5 Å². The van der Waals surface area contributed by atoms with Gasteiger partial charge in [0.1, 0.15) is 5.82 Å². The van der Waals surface area contributed by atoms with Crippen LogP contribution in [-0.2, 0) is 4.74 Å². The van der Waals surface area contributed by atoms with Crippen LogP contribution in [0.25, 0.3) is 0 Å². The number of halogens is 2. The molecule has 0 unspecified atom stereocenters. The molecular weight excluding hydrogens is 283 g/mol. The Labute approximate surface area is 119 Å². The molecular formula is C15H10ClFO3. The molecule has 0 N–H and O–H groups in total. The molecule has 2 rings (SSSR count). The molecule has 0 heterocycles. The number of hydrogen-bond donors (Lipinski definition) is 0. The van der Waals surface area contributed by atoms with Crippen molar-refractivity contribution in [1.29, 1.82) is 0 Å². The Morgan fingerprint density at radius 1 is 1.05 bits per heavy atom. The van der Waals surface area contributed by atoms with E-state index in [1.165, 1.54) is 43.5 Å². The molecule has 0 aromatic heterocycles. The van der Waals surface area contributed by atoms with E-state index >= 15 is 0 Å². The SMILES string of the molecule is COC(=O)c1ccc(C(=O)c2ccc(F)cc2Cl)cc1.